The quantitative estimate of drug-likeness (QED) is 0.741. The molecule has 1 aliphatic rings. The average molecular weight is 347 g/mol. The predicted octanol–water partition coefficient (Wildman–Crippen LogP) is 2.33. The lowest BCUT2D eigenvalue weighted by molar-refractivity contribution is 0.202. The Balaban J connectivity index is 2.10. The molecule has 1 aliphatic carbocycles. The SMILES string of the molecule is COCCN(c1ncc(I)cn1)C(C)C1CC1. The van der Waals surface area contributed by atoms with Crippen LogP contribution < -0.4 is 4.90 Å². The normalized spacial score (nSPS) is 16.9. The van der Waals surface area contributed by atoms with Crippen molar-refractivity contribution < 1.29 is 4.74 Å². The van der Waals surface area contributed by atoms with Crippen molar-refractivity contribution in [2.75, 3.05) is 25.2 Å². The minimum Gasteiger partial charge on any atom is -0.383 e. The van der Waals surface area contributed by atoms with Crippen LogP contribution in [0.1, 0.15) is 19.8 Å². The largest absolute Gasteiger partial charge is 0.383 e. The van der Waals surface area contributed by atoms with Crippen LogP contribution in [0.3, 0.4) is 0 Å². The van der Waals surface area contributed by atoms with E-state index in [0.29, 0.717) is 12.6 Å². The van der Waals surface area contributed by atoms with Gasteiger partial charge in [0.15, 0.2) is 0 Å². The summed E-state index contributed by atoms with van der Waals surface area (Å²) in [6.07, 6.45) is 6.38. The van der Waals surface area contributed by atoms with E-state index in [4.69, 9.17) is 4.74 Å². The smallest absolute Gasteiger partial charge is 0.225 e. The molecule has 5 heteroatoms. The number of methoxy groups -OCH3 is 1. The molecule has 1 unspecified atom stereocenters. The maximum absolute atomic E-state index is 5.17. The van der Waals surface area contributed by atoms with Gasteiger partial charge in [0.2, 0.25) is 5.95 Å². The minimum atomic E-state index is 0.505. The van der Waals surface area contributed by atoms with Gasteiger partial charge in [-0.15, -0.1) is 0 Å². The van der Waals surface area contributed by atoms with Crippen LogP contribution in [0.2, 0.25) is 0 Å². The average Bonchev–Trinajstić information content (AvgIpc) is 3.15. The van der Waals surface area contributed by atoms with Crippen molar-refractivity contribution in [1.29, 1.82) is 0 Å². The molecule has 0 spiro atoms. The van der Waals surface area contributed by atoms with Gasteiger partial charge in [-0.25, -0.2) is 9.97 Å². The fraction of sp³-hybridized carbons (Fsp3) is 0.667. The van der Waals surface area contributed by atoms with Crippen LogP contribution in [0, 0.1) is 9.49 Å². The van der Waals surface area contributed by atoms with Gasteiger partial charge in [0.1, 0.15) is 0 Å². The first kappa shape index (κ1) is 13.0. The van der Waals surface area contributed by atoms with E-state index in [-0.39, 0.29) is 0 Å². The van der Waals surface area contributed by atoms with E-state index >= 15 is 0 Å². The van der Waals surface area contributed by atoms with E-state index in [9.17, 15) is 0 Å². The number of ether oxygens (including phenoxy) is 1. The summed E-state index contributed by atoms with van der Waals surface area (Å²) in [7, 11) is 1.73. The molecular weight excluding hydrogens is 329 g/mol. The van der Waals surface area contributed by atoms with Gasteiger partial charge in [0.05, 0.1) is 6.61 Å². The molecule has 17 heavy (non-hydrogen) atoms. The Morgan fingerprint density at radius 2 is 2.12 bits per heavy atom. The maximum atomic E-state index is 5.17. The monoisotopic (exact) mass is 347 g/mol. The van der Waals surface area contributed by atoms with Crippen LogP contribution in [0.5, 0.6) is 0 Å². The fourth-order valence-electron chi connectivity index (χ4n) is 1.96. The van der Waals surface area contributed by atoms with Gasteiger partial charge in [-0.1, -0.05) is 0 Å². The van der Waals surface area contributed by atoms with E-state index < -0.39 is 0 Å². The predicted molar refractivity (Wildman–Crippen MR) is 76.2 cm³/mol. The molecule has 1 heterocycles. The molecule has 0 aromatic carbocycles. The second-order valence-corrected chi connectivity index (χ2v) is 5.71. The molecule has 94 valence electrons. The van der Waals surface area contributed by atoms with Crippen LogP contribution >= 0.6 is 22.6 Å². The van der Waals surface area contributed by atoms with E-state index in [2.05, 4.69) is 44.4 Å². The molecule has 1 fully saturated rings. The summed E-state index contributed by atoms with van der Waals surface area (Å²) in [5, 5.41) is 0. The Labute approximate surface area is 116 Å². The molecule has 0 amide bonds. The molecule has 0 N–H and O–H groups in total. The molecule has 1 aromatic rings. The Hall–Kier alpha value is -0.430. The second kappa shape index (κ2) is 5.95. The van der Waals surface area contributed by atoms with Gasteiger partial charge in [-0.2, -0.15) is 0 Å². The third kappa shape index (κ3) is 3.51. The van der Waals surface area contributed by atoms with Gasteiger partial charge in [-0.3, -0.25) is 0 Å². The number of rotatable bonds is 6. The first-order valence-corrected chi connectivity index (χ1v) is 7.03. The van der Waals surface area contributed by atoms with Gasteiger partial charge in [-0.05, 0) is 48.3 Å². The summed E-state index contributed by atoms with van der Waals surface area (Å²) in [4.78, 5) is 11.1. The number of aromatic nitrogens is 2. The van der Waals surface area contributed by atoms with E-state index in [1.54, 1.807) is 7.11 Å². The Morgan fingerprint density at radius 1 is 1.47 bits per heavy atom. The Morgan fingerprint density at radius 3 is 2.65 bits per heavy atom. The van der Waals surface area contributed by atoms with Gasteiger partial charge >= 0.3 is 0 Å². The molecule has 0 radical (unpaired) electrons. The van der Waals surface area contributed by atoms with Gasteiger partial charge in [0.25, 0.3) is 0 Å². The van der Waals surface area contributed by atoms with Crippen LogP contribution in [0.15, 0.2) is 12.4 Å². The molecule has 1 saturated carbocycles. The maximum Gasteiger partial charge on any atom is 0.225 e. The zero-order valence-electron chi connectivity index (χ0n) is 10.3. The standard InChI is InChI=1S/C12H18IN3O/c1-9(10-3-4-10)16(5-6-17-2)12-14-7-11(13)8-15-12/h7-10H,3-6H2,1-2H3. The Kier molecular flexibility index (Phi) is 4.55. The summed E-state index contributed by atoms with van der Waals surface area (Å²) >= 11 is 2.22. The summed E-state index contributed by atoms with van der Waals surface area (Å²) < 4.78 is 6.24. The summed E-state index contributed by atoms with van der Waals surface area (Å²) in [5.74, 6) is 1.62. The summed E-state index contributed by atoms with van der Waals surface area (Å²) in [6, 6.07) is 0.505. The van der Waals surface area contributed by atoms with Crippen molar-refractivity contribution >= 4 is 28.5 Å². The van der Waals surface area contributed by atoms with E-state index in [0.717, 1.165) is 22.0 Å². The van der Waals surface area contributed by atoms with Gasteiger partial charge in [0, 0.05) is 35.7 Å². The summed E-state index contributed by atoms with van der Waals surface area (Å²) in [5.41, 5.74) is 0. The van der Waals surface area contributed by atoms with Gasteiger partial charge < -0.3 is 9.64 Å². The Bertz CT molecular complexity index is 353. The number of hydrogen-bond acceptors (Lipinski definition) is 4. The molecule has 4 nitrogen and oxygen atoms in total. The fourth-order valence-corrected chi connectivity index (χ4v) is 2.24. The number of anilines is 1. The highest BCUT2D eigenvalue weighted by Crippen LogP contribution is 2.36. The van der Waals surface area contributed by atoms with Crippen molar-refractivity contribution in [3.05, 3.63) is 16.0 Å². The lowest BCUT2D eigenvalue weighted by atomic mass is 10.2. The summed E-state index contributed by atoms with van der Waals surface area (Å²) in [6.45, 7) is 3.83. The lowest BCUT2D eigenvalue weighted by Crippen LogP contribution is -2.38. The number of hydrogen-bond donors (Lipinski definition) is 0. The van der Waals surface area contributed by atoms with Crippen molar-refractivity contribution in [3.8, 4) is 0 Å². The van der Waals surface area contributed by atoms with Crippen molar-refractivity contribution in [2.24, 2.45) is 5.92 Å². The van der Waals surface area contributed by atoms with Crippen molar-refractivity contribution in [2.45, 2.75) is 25.8 Å². The molecular formula is C12H18IN3O. The molecule has 0 saturated heterocycles. The zero-order valence-corrected chi connectivity index (χ0v) is 12.4. The molecule has 1 atom stereocenters. The minimum absolute atomic E-state index is 0.505. The molecule has 1 aromatic heterocycles. The van der Waals surface area contributed by atoms with Crippen molar-refractivity contribution in [1.82, 2.24) is 9.97 Å². The molecule has 0 aliphatic heterocycles. The molecule has 0 bridgehead atoms. The number of nitrogens with zero attached hydrogens (tertiary/aromatic N) is 3. The first-order valence-electron chi connectivity index (χ1n) is 5.95. The highest BCUT2D eigenvalue weighted by atomic mass is 127. The highest BCUT2D eigenvalue weighted by Gasteiger charge is 2.32. The van der Waals surface area contributed by atoms with E-state index in [1.807, 2.05) is 12.4 Å². The topological polar surface area (TPSA) is 38.2 Å². The van der Waals surface area contributed by atoms with E-state index in [1.165, 1.54) is 12.8 Å². The van der Waals surface area contributed by atoms with Crippen LogP contribution in [-0.2, 0) is 4.74 Å². The molecule has 2 rings (SSSR count). The zero-order chi connectivity index (χ0) is 12.3. The van der Waals surface area contributed by atoms with Crippen LogP contribution in [-0.4, -0.2) is 36.3 Å². The number of halogens is 1. The van der Waals surface area contributed by atoms with Crippen molar-refractivity contribution in [3.63, 3.8) is 0 Å². The second-order valence-electron chi connectivity index (χ2n) is 4.47. The van der Waals surface area contributed by atoms with Crippen LogP contribution in [0.25, 0.3) is 0 Å². The van der Waals surface area contributed by atoms with Crippen LogP contribution in [0.4, 0.5) is 5.95 Å². The highest BCUT2D eigenvalue weighted by molar-refractivity contribution is 14.1. The lowest BCUT2D eigenvalue weighted by Gasteiger charge is -2.29. The first-order chi connectivity index (χ1) is 8.22. The third-order valence-corrected chi connectivity index (χ3v) is 3.75. The third-order valence-electron chi connectivity index (χ3n) is 3.20.